The number of pyridine rings is 1. The number of fused-ring (bicyclic) bond motifs is 5. The van der Waals surface area contributed by atoms with E-state index in [0.717, 1.165) is 0 Å². The van der Waals surface area contributed by atoms with Gasteiger partial charge in [0.15, 0.2) is 0 Å². The molecule has 0 N–H and O–H groups in total. The molecular weight excluding hydrogens is 515 g/mol. The van der Waals surface area contributed by atoms with Crippen LogP contribution in [0.25, 0.3) is 54.7 Å². The van der Waals surface area contributed by atoms with Crippen molar-refractivity contribution in [2.45, 2.75) is 0 Å². The topological polar surface area (TPSA) is 9.34 Å². The molecule has 9 aromatic rings. The second-order valence-corrected chi connectivity index (χ2v) is 12.9. The molecule has 3 heteroatoms. The van der Waals surface area contributed by atoms with Crippen LogP contribution in [0.5, 0.6) is 0 Å². The van der Waals surface area contributed by atoms with Crippen molar-refractivity contribution in [2.24, 2.45) is 0 Å². The maximum atomic E-state index is 2.45. The van der Waals surface area contributed by atoms with Crippen LogP contribution < -0.4 is 15.9 Å². The SMILES string of the molecule is c1ccc(P(c2ccccc2)c2ccc(-n3c4cccc5c4c4c3cccc4n3cc4ccccc4c53)cc2)cc1. The predicted octanol–water partition coefficient (Wildman–Crippen LogP) is 8.54. The van der Waals surface area contributed by atoms with Crippen LogP contribution in [0.1, 0.15) is 0 Å². The third-order valence-corrected chi connectivity index (χ3v) is 10.9. The lowest BCUT2D eigenvalue weighted by molar-refractivity contribution is 1.18. The summed E-state index contributed by atoms with van der Waals surface area (Å²) in [6.45, 7) is 0. The van der Waals surface area contributed by atoms with Gasteiger partial charge in [-0.2, -0.15) is 0 Å². The van der Waals surface area contributed by atoms with Gasteiger partial charge in [0, 0.05) is 38.8 Å². The van der Waals surface area contributed by atoms with E-state index in [9.17, 15) is 0 Å². The average molecular weight is 541 g/mol. The van der Waals surface area contributed by atoms with E-state index >= 15 is 0 Å². The summed E-state index contributed by atoms with van der Waals surface area (Å²) in [5.74, 6) is 0. The smallest absolute Gasteiger partial charge is 0.0614 e. The third kappa shape index (κ3) is 3.29. The van der Waals surface area contributed by atoms with Crippen molar-refractivity contribution in [2.75, 3.05) is 0 Å². The van der Waals surface area contributed by atoms with E-state index in [1.807, 2.05) is 0 Å². The molecule has 0 saturated heterocycles. The Hall–Kier alpha value is -4.91. The highest BCUT2D eigenvalue weighted by Gasteiger charge is 2.21. The van der Waals surface area contributed by atoms with Gasteiger partial charge in [-0.25, -0.2) is 0 Å². The molecule has 0 amide bonds. The van der Waals surface area contributed by atoms with Crippen molar-refractivity contribution in [3.05, 3.63) is 152 Å². The van der Waals surface area contributed by atoms with Gasteiger partial charge in [0.1, 0.15) is 0 Å². The molecular formula is C38H25N2P. The number of aromatic nitrogens is 2. The van der Waals surface area contributed by atoms with Crippen molar-refractivity contribution in [1.29, 1.82) is 0 Å². The minimum Gasteiger partial charge on any atom is -0.315 e. The summed E-state index contributed by atoms with van der Waals surface area (Å²) < 4.78 is 4.85. The van der Waals surface area contributed by atoms with E-state index in [1.54, 1.807) is 0 Å². The fourth-order valence-corrected chi connectivity index (χ4v) is 9.02. The van der Waals surface area contributed by atoms with Gasteiger partial charge in [0.05, 0.1) is 22.1 Å². The van der Waals surface area contributed by atoms with E-state index in [0.29, 0.717) is 0 Å². The minimum absolute atomic E-state index is 0.640. The summed E-state index contributed by atoms with van der Waals surface area (Å²) in [5, 5.41) is 10.6. The predicted molar refractivity (Wildman–Crippen MR) is 177 cm³/mol. The molecule has 0 atom stereocenters. The number of hydrogen-bond acceptors (Lipinski definition) is 0. The van der Waals surface area contributed by atoms with Crippen LogP contribution in [0.2, 0.25) is 0 Å². The molecule has 192 valence electrons. The molecule has 41 heavy (non-hydrogen) atoms. The lowest BCUT2D eigenvalue weighted by Gasteiger charge is -2.20. The Labute approximate surface area is 238 Å². The van der Waals surface area contributed by atoms with Crippen LogP contribution in [-0.2, 0) is 0 Å². The lowest BCUT2D eigenvalue weighted by atomic mass is 10.0. The van der Waals surface area contributed by atoms with Gasteiger partial charge >= 0.3 is 0 Å². The first-order valence-corrected chi connectivity index (χ1v) is 15.4. The lowest BCUT2D eigenvalue weighted by Crippen LogP contribution is -2.20. The molecule has 3 heterocycles. The first kappa shape index (κ1) is 22.9. The number of benzene rings is 6. The van der Waals surface area contributed by atoms with Crippen LogP contribution in [-0.4, -0.2) is 8.97 Å². The third-order valence-electron chi connectivity index (χ3n) is 8.43. The van der Waals surface area contributed by atoms with Gasteiger partial charge in [-0.1, -0.05) is 115 Å². The molecule has 0 saturated carbocycles. The van der Waals surface area contributed by atoms with Crippen molar-refractivity contribution in [3.8, 4) is 5.69 Å². The summed E-state index contributed by atoms with van der Waals surface area (Å²) in [4.78, 5) is 0. The van der Waals surface area contributed by atoms with Crippen molar-refractivity contribution < 1.29 is 0 Å². The Kier molecular flexibility index (Phi) is 4.90. The largest absolute Gasteiger partial charge is 0.315 e. The fourth-order valence-electron chi connectivity index (χ4n) is 6.74. The average Bonchev–Trinajstić information content (AvgIpc) is 3.60. The van der Waals surface area contributed by atoms with Crippen LogP contribution >= 0.6 is 7.92 Å². The van der Waals surface area contributed by atoms with Crippen LogP contribution in [0, 0.1) is 0 Å². The van der Waals surface area contributed by atoms with Gasteiger partial charge in [-0.05, 0) is 54.2 Å². The van der Waals surface area contributed by atoms with E-state index in [1.165, 1.54) is 70.6 Å². The minimum atomic E-state index is -0.640. The quantitative estimate of drug-likeness (QED) is 0.156. The normalized spacial score (nSPS) is 12.1. The first-order valence-electron chi connectivity index (χ1n) is 14.0. The standard InChI is InChI=1S/C38H25N2P/c1-3-12-28(13-4-1)41(29-14-5-2-6-15-29)30-23-21-27(22-24-30)40-34-19-9-17-32-36(34)37-33(18-10-20-35(37)40)39-25-26-11-7-8-16-31(26)38(32)39/h1-25H. The molecule has 9 rings (SSSR count). The van der Waals surface area contributed by atoms with Gasteiger partial charge in [0.25, 0.3) is 0 Å². The van der Waals surface area contributed by atoms with Gasteiger partial charge in [0.2, 0.25) is 0 Å². The number of rotatable bonds is 4. The first-order chi connectivity index (χ1) is 20.4. The van der Waals surface area contributed by atoms with Crippen LogP contribution in [0.15, 0.2) is 152 Å². The Morgan fingerprint density at radius 2 is 0.976 bits per heavy atom. The highest BCUT2D eigenvalue weighted by atomic mass is 31.1. The molecule has 3 aromatic heterocycles. The molecule has 0 unspecified atom stereocenters. The zero-order chi connectivity index (χ0) is 26.9. The van der Waals surface area contributed by atoms with Gasteiger partial charge in [-0.3, -0.25) is 0 Å². The summed E-state index contributed by atoms with van der Waals surface area (Å²) >= 11 is 0. The number of nitrogens with zero attached hydrogens (tertiary/aromatic N) is 2. The zero-order valence-corrected chi connectivity index (χ0v) is 23.2. The molecule has 0 aliphatic carbocycles. The number of hydrogen-bond donors (Lipinski definition) is 0. The molecule has 0 aliphatic rings. The Morgan fingerprint density at radius 3 is 1.71 bits per heavy atom. The molecule has 2 nitrogen and oxygen atoms in total. The highest BCUT2D eigenvalue weighted by Crippen LogP contribution is 2.43. The van der Waals surface area contributed by atoms with Crippen molar-refractivity contribution in [1.82, 2.24) is 8.97 Å². The molecule has 6 aromatic carbocycles. The monoisotopic (exact) mass is 540 g/mol. The summed E-state index contributed by atoms with van der Waals surface area (Å²) in [7, 11) is -0.640. The summed E-state index contributed by atoms with van der Waals surface area (Å²) in [6.07, 6.45) is 2.29. The molecule has 0 radical (unpaired) electrons. The molecule has 0 spiro atoms. The van der Waals surface area contributed by atoms with Gasteiger partial charge in [-0.15, -0.1) is 0 Å². The fraction of sp³-hybridized carbons (Fsp3) is 0. The molecule has 0 bridgehead atoms. The highest BCUT2D eigenvalue weighted by molar-refractivity contribution is 7.79. The second-order valence-electron chi connectivity index (χ2n) is 10.7. The summed E-state index contributed by atoms with van der Waals surface area (Å²) in [5.41, 5.74) is 6.23. The Bertz CT molecular complexity index is 2310. The van der Waals surface area contributed by atoms with Crippen LogP contribution in [0.4, 0.5) is 0 Å². The van der Waals surface area contributed by atoms with E-state index in [2.05, 4.69) is 161 Å². The van der Waals surface area contributed by atoms with E-state index < -0.39 is 7.92 Å². The second kappa shape index (κ2) is 8.80. The van der Waals surface area contributed by atoms with Gasteiger partial charge < -0.3 is 8.97 Å². The van der Waals surface area contributed by atoms with Crippen molar-refractivity contribution in [3.63, 3.8) is 0 Å². The summed E-state index contributed by atoms with van der Waals surface area (Å²) in [6, 6.07) is 53.4. The van der Waals surface area contributed by atoms with Crippen molar-refractivity contribution >= 4 is 72.8 Å². The maximum absolute atomic E-state index is 2.45. The molecule has 0 aliphatic heterocycles. The Balaban J connectivity index is 1.28. The maximum Gasteiger partial charge on any atom is 0.0614 e. The zero-order valence-electron chi connectivity index (χ0n) is 22.3. The Morgan fingerprint density at radius 1 is 0.415 bits per heavy atom. The molecule has 0 fully saturated rings. The van der Waals surface area contributed by atoms with E-state index in [-0.39, 0.29) is 0 Å². The van der Waals surface area contributed by atoms with E-state index in [4.69, 9.17) is 0 Å². The van der Waals surface area contributed by atoms with Crippen LogP contribution in [0.3, 0.4) is 0 Å².